The van der Waals surface area contributed by atoms with E-state index in [4.69, 9.17) is 0 Å². The molecule has 3 heterocycles. The van der Waals surface area contributed by atoms with Gasteiger partial charge < -0.3 is 0 Å². The molecule has 1 saturated carbocycles. The van der Waals surface area contributed by atoms with E-state index in [1.54, 1.807) is 6.92 Å². The molecule has 3 aliphatic heterocycles. The Morgan fingerprint density at radius 1 is 1.33 bits per heavy atom. The van der Waals surface area contributed by atoms with E-state index in [0.717, 1.165) is 31.6 Å². The second-order valence-corrected chi connectivity index (χ2v) is 7.71. The van der Waals surface area contributed by atoms with Crippen molar-refractivity contribution in [3.63, 3.8) is 0 Å². The van der Waals surface area contributed by atoms with Gasteiger partial charge in [-0.05, 0) is 37.0 Å². The largest absolute Gasteiger partial charge is 0.299 e. The summed E-state index contributed by atoms with van der Waals surface area (Å²) in [5, 5.41) is 0. The fourth-order valence-electron chi connectivity index (χ4n) is 6.15. The number of para-hydroxylation sites is 1. The summed E-state index contributed by atoms with van der Waals surface area (Å²) in [5.41, 5.74) is 2.90. The van der Waals surface area contributed by atoms with Gasteiger partial charge in [0.25, 0.3) is 0 Å². The number of allylic oxidation sites excluding steroid dienone is 1. The van der Waals surface area contributed by atoms with Gasteiger partial charge in [-0.3, -0.25) is 19.4 Å². The first-order chi connectivity index (χ1) is 11.5. The highest BCUT2D eigenvalue weighted by atomic mass is 16.2. The smallest absolute Gasteiger partial charge is 0.225 e. The summed E-state index contributed by atoms with van der Waals surface area (Å²) in [4.78, 5) is 30.2. The van der Waals surface area contributed by atoms with E-state index in [-0.39, 0.29) is 22.9 Å². The van der Waals surface area contributed by atoms with Crippen LogP contribution in [0.1, 0.15) is 38.7 Å². The summed E-state index contributed by atoms with van der Waals surface area (Å²) in [6, 6.07) is 8.24. The lowest BCUT2D eigenvalue weighted by Crippen LogP contribution is -2.71. The lowest BCUT2D eigenvalue weighted by atomic mass is 9.58. The van der Waals surface area contributed by atoms with E-state index in [1.807, 2.05) is 24.0 Å². The summed E-state index contributed by atoms with van der Waals surface area (Å²) in [6.07, 6.45) is 4.39. The molecule has 1 amide bonds. The summed E-state index contributed by atoms with van der Waals surface area (Å²) >= 11 is 0. The van der Waals surface area contributed by atoms with Crippen molar-refractivity contribution in [1.29, 1.82) is 0 Å². The first-order valence-electron chi connectivity index (χ1n) is 8.88. The van der Waals surface area contributed by atoms with Crippen LogP contribution in [-0.4, -0.2) is 35.3 Å². The summed E-state index contributed by atoms with van der Waals surface area (Å²) < 4.78 is 0. The van der Waals surface area contributed by atoms with Gasteiger partial charge in [0, 0.05) is 43.5 Å². The molecule has 4 aliphatic rings. The van der Waals surface area contributed by atoms with Gasteiger partial charge in [-0.2, -0.15) is 0 Å². The predicted molar refractivity (Wildman–Crippen MR) is 91.7 cm³/mol. The molecule has 4 nitrogen and oxygen atoms in total. The lowest BCUT2D eigenvalue weighted by Gasteiger charge is -2.57. The third-order valence-corrected chi connectivity index (χ3v) is 6.99. The number of benzene rings is 1. The molecule has 5 rings (SSSR count). The van der Waals surface area contributed by atoms with Crippen molar-refractivity contribution in [3.05, 3.63) is 41.5 Å². The van der Waals surface area contributed by atoms with Crippen LogP contribution in [0.5, 0.6) is 0 Å². The van der Waals surface area contributed by atoms with Crippen molar-refractivity contribution < 1.29 is 9.59 Å². The van der Waals surface area contributed by atoms with E-state index in [9.17, 15) is 9.59 Å². The quantitative estimate of drug-likeness (QED) is 0.690. The van der Waals surface area contributed by atoms with Gasteiger partial charge in [0.2, 0.25) is 5.91 Å². The Bertz CT molecular complexity index is 814. The maximum atomic E-state index is 13.0. The van der Waals surface area contributed by atoms with E-state index >= 15 is 0 Å². The van der Waals surface area contributed by atoms with Crippen LogP contribution in [0.25, 0.3) is 0 Å². The third kappa shape index (κ3) is 1.33. The average molecular weight is 322 g/mol. The van der Waals surface area contributed by atoms with Gasteiger partial charge in [-0.1, -0.05) is 24.3 Å². The highest BCUT2D eigenvalue weighted by Crippen LogP contribution is 2.66. The van der Waals surface area contributed by atoms with Crippen LogP contribution in [0.4, 0.5) is 5.69 Å². The molecular weight excluding hydrogens is 300 g/mol. The molecule has 2 bridgehead atoms. The van der Waals surface area contributed by atoms with Crippen LogP contribution >= 0.6 is 0 Å². The highest BCUT2D eigenvalue weighted by Gasteiger charge is 2.73. The minimum Gasteiger partial charge on any atom is -0.299 e. The molecule has 0 aromatic heterocycles. The van der Waals surface area contributed by atoms with E-state index in [1.165, 1.54) is 11.1 Å². The number of piperidine rings is 1. The molecule has 0 N–H and O–H groups in total. The number of hydrogen-bond acceptors (Lipinski definition) is 3. The summed E-state index contributed by atoms with van der Waals surface area (Å²) in [5.74, 6) is 0.433. The van der Waals surface area contributed by atoms with Crippen LogP contribution in [0.3, 0.4) is 0 Å². The molecule has 4 heteroatoms. The maximum absolute atomic E-state index is 13.0. The van der Waals surface area contributed by atoms with E-state index in [0.29, 0.717) is 12.2 Å². The molecule has 2 saturated heterocycles. The van der Waals surface area contributed by atoms with Gasteiger partial charge in [0.1, 0.15) is 11.4 Å². The Balaban J connectivity index is 1.82. The van der Waals surface area contributed by atoms with Gasteiger partial charge in [0.15, 0.2) is 0 Å². The van der Waals surface area contributed by atoms with Crippen LogP contribution in [0.2, 0.25) is 0 Å². The van der Waals surface area contributed by atoms with Crippen molar-refractivity contribution in [1.82, 2.24) is 4.90 Å². The Morgan fingerprint density at radius 2 is 2.12 bits per heavy atom. The van der Waals surface area contributed by atoms with Crippen molar-refractivity contribution >= 4 is 17.4 Å². The molecule has 0 radical (unpaired) electrons. The lowest BCUT2D eigenvalue weighted by molar-refractivity contribution is -0.134. The van der Waals surface area contributed by atoms with Gasteiger partial charge in [0.05, 0.1) is 0 Å². The van der Waals surface area contributed by atoms with Crippen molar-refractivity contribution in [2.24, 2.45) is 5.92 Å². The zero-order valence-electron chi connectivity index (χ0n) is 14.2. The van der Waals surface area contributed by atoms with E-state index < -0.39 is 0 Å². The third-order valence-electron chi connectivity index (χ3n) is 6.99. The minimum absolute atomic E-state index is 0.0198. The number of anilines is 1. The van der Waals surface area contributed by atoms with Gasteiger partial charge in [-0.25, -0.2) is 0 Å². The molecule has 124 valence electrons. The molecule has 24 heavy (non-hydrogen) atoms. The standard InChI is InChI=1S/C20H22N2O2/c1-3-14-12-21-9-8-19-11-18(24)15(14)10-20(19,21)22(13(2)23)17-7-5-4-6-16(17)19/h3-7,15H,8-12H2,1-2H3/b14-3-/t15-,19+,20+/m0/s1. The monoisotopic (exact) mass is 322 g/mol. The number of Topliss-reactive ketones (excluding diaryl/α,β-unsaturated/α-hetero) is 1. The number of carbonyl (C=O) groups excluding carboxylic acids is 2. The molecule has 1 aliphatic carbocycles. The molecule has 1 spiro atoms. The number of hydrogen-bond donors (Lipinski definition) is 0. The Morgan fingerprint density at radius 3 is 2.88 bits per heavy atom. The molecule has 3 fully saturated rings. The number of rotatable bonds is 0. The normalized spacial score (nSPS) is 38.4. The van der Waals surface area contributed by atoms with Crippen molar-refractivity contribution in [3.8, 4) is 0 Å². The molecular formula is C20H22N2O2. The number of carbonyl (C=O) groups is 2. The van der Waals surface area contributed by atoms with Crippen LogP contribution in [-0.2, 0) is 15.0 Å². The average Bonchev–Trinajstić information content (AvgIpc) is 3.02. The SMILES string of the molecule is C/C=C1/CN2CC[C@]34CC(=O)[C@H]1C[C@]23N(C(C)=O)c1ccccc14. The Hall–Kier alpha value is -1.94. The second kappa shape index (κ2) is 4.37. The van der Waals surface area contributed by atoms with Crippen LogP contribution < -0.4 is 4.90 Å². The van der Waals surface area contributed by atoms with Gasteiger partial charge >= 0.3 is 0 Å². The Kier molecular flexibility index (Phi) is 2.62. The van der Waals surface area contributed by atoms with Crippen molar-refractivity contribution in [2.75, 3.05) is 18.0 Å². The molecule has 0 unspecified atom stereocenters. The second-order valence-electron chi connectivity index (χ2n) is 7.71. The number of amides is 1. The highest BCUT2D eigenvalue weighted by molar-refractivity contribution is 6.00. The minimum atomic E-state index is -0.340. The Labute approximate surface area is 142 Å². The van der Waals surface area contributed by atoms with Crippen molar-refractivity contribution in [2.45, 2.75) is 44.2 Å². The van der Waals surface area contributed by atoms with Gasteiger partial charge in [-0.15, -0.1) is 0 Å². The van der Waals surface area contributed by atoms with E-state index in [2.05, 4.69) is 23.1 Å². The zero-order chi connectivity index (χ0) is 16.7. The fourth-order valence-corrected chi connectivity index (χ4v) is 6.15. The number of nitrogens with zero attached hydrogens (tertiary/aromatic N) is 2. The topological polar surface area (TPSA) is 40.6 Å². The summed E-state index contributed by atoms with van der Waals surface area (Å²) in [7, 11) is 0. The molecule has 1 aromatic carbocycles. The summed E-state index contributed by atoms with van der Waals surface area (Å²) in [6.45, 7) is 5.47. The first-order valence-corrected chi connectivity index (χ1v) is 8.88. The van der Waals surface area contributed by atoms with Crippen LogP contribution in [0, 0.1) is 5.92 Å². The maximum Gasteiger partial charge on any atom is 0.225 e. The first kappa shape index (κ1) is 14.4. The fraction of sp³-hybridized carbons (Fsp3) is 0.500. The zero-order valence-corrected chi connectivity index (χ0v) is 14.2. The number of fused-ring (bicyclic) bond motifs is 2. The predicted octanol–water partition coefficient (Wildman–Crippen LogP) is 2.63. The number of ketones is 1. The van der Waals surface area contributed by atoms with Crippen LogP contribution in [0.15, 0.2) is 35.9 Å². The molecule has 1 aromatic rings. The molecule has 3 atom stereocenters.